The van der Waals surface area contributed by atoms with Gasteiger partial charge >= 0.3 is 11.4 Å². The van der Waals surface area contributed by atoms with Crippen molar-refractivity contribution < 1.29 is 0 Å². The Morgan fingerprint density at radius 1 is 1.08 bits per heavy atom. The zero-order valence-electron chi connectivity index (χ0n) is 14.1. The fourth-order valence-electron chi connectivity index (χ4n) is 7.04. The number of para-hydroxylation sites is 1. The van der Waals surface area contributed by atoms with Crippen molar-refractivity contribution in [3.05, 3.63) is 51.3 Å². The highest BCUT2D eigenvalue weighted by atomic mass is 28.3. The Morgan fingerprint density at radius 2 is 1.79 bits per heavy atom. The molecule has 2 heterocycles. The van der Waals surface area contributed by atoms with Gasteiger partial charge in [0.1, 0.15) is 0 Å². The van der Waals surface area contributed by atoms with Crippen molar-refractivity contribution in [3.63, 3.8) is 0 Å². The predicted molar refractivity (Wildman–Crippen MR) is 93.2 cm³/mol. The zero-order chi connectivity index (χ0) is 16.6. The van der Waals surface area contributed by atoms with Crippen molar-refractivity contribution in [2.24, 2.45) is 23.7 Å². The van der Waals surface area contributed by atoms with Gasteiger partial charge in [0, 0.05) is 5.92 Å². The lowest BCUT2D eigenvalue weighted by atomic mass is 10.0. The third kappa shape index (κ3) is 1.07. The van der Waals surface area contributed by atoms with E-state index in [0.29, 0.717) is 23.4 Å². The van der Waals surface area contributed by atoms with E-state index in [1.165, 1.54) is 11.0 Å². The van der Waals surface area contributed by atoms with Crippen LogP contribution < -0.4 is 11.4 Å². The number of nitrogens with zero attached hydrogens (tertiary/aromatic N) is 3. The summed E-state index contributed by atoms with van der Waals surface area (Å²) in [6.07, 6.45) is 1.23. The molecule has 4 saturated carbocycles. The van der Waals surface area contributed by atoms with Crippen molar-refractivity contribution in [2.45, 2.75) is 37.3 Å². The van der Waals surface area contributed by atoms with Crippen molar-refractivity contribution in [1.82, 2.24) is 13.9 Å². The zero-order valence-corrected chi connectivity index (χ0v) is 15.1. The number of hydrogen-bond donors (Lipinski definition) is 0. The molecule has 5 aliphatic rings. The lowest BCUT2D eigenvalue weighted by molar-refractivity contribution is 0.304. The van der Waals surface area contributed by atoms with Gasteiger partial charge in [-0.25, -0.2) is 23.5 Å². The number of rotatable bonds is 2. The van der Waals surface area contributed by atoms with E-state index in [2.05, 4.69) is 19.6 Å². The molecule has 6 heteroatoms. The first-order valence-corrected chi connectivity index (χ1v) is 12.4. The molecule has 1 aromatic heterocycles. The van der Waals surface area contributed by atoms with Crippen LogP contribution in [0.4, 0.5) is 0 Å². The molecule has 124 valence electrons. The van der Waals surface area contributed by atoms with Gasteiger partial charge in [0.2, 0.25) is 0 Å². The van der Waals surface area contributed by atoms with Gasteiger partial charge in [-0.05, 0) is 36.3 Å². The van der Waals surface area contributed by atoms with E-state index in [9.17, 15) is 9.59 Å². The lowest BCUT2D eigenvalue weighted by Crippen LogP contribution is -2.59. The van der Waals surface area contributed by atoms with Crippen LogP contribution in [0.3, 0.4) is 0 Å². The third-order valence-corrected chi connectivity index (χ3v) is 10.8. The first kappa shape index (κ1) is 13.5. The van der Waals surface area contributed by atoms with E-state index in [4.69, 9.17) is 0 Å². The summed E-state index contributed by atoms with van der Waals surface area (Å²) >= 11 is 0. The molecule has 4 fully saturated rings. The fourth-order valence-corrected chi connectivity index (χ4v) is 10.7. The molecular formula is C18H21N3O2Si. The van der Waals surface area contributed by atoms with Gasteiger partial charge in [0.15, 0.2) is 0 Å². The van der Waals surface area contributed by atoms with Gasteiger partial charge < -0.3 is 0 Å². The van der Waals surface area contributed by atoms with Crippen molar-refractivity contribution in [1.29, 1.82) is 0 Å². The van der Waals surface area contributed by atoms with Crippen LogP contribution in [0.15, 0.2) is 39.9 Å². The van der Waals surface area contributed by atoms with E-state index in [1.807, 2.05) is 39.7 Å². The van der Waals surface area contributed by atoms with Gasteiger partial charge in [-0.2, -0.15) is 0 Å². The Kier molecular flexibility index (Phi) is 2.00. The second kappa shape index (κ2) is 3.56. The standard InChI is InChI=1S/C18H21N3O2Si/c1-24(2,3)18-12-9-11-13(14(11)18)15(12)20-16(22)19(17(23)21(18)20)10-7-5-4-6-8-10/h4-8,11-15H,9H2,1-3H3/t11-,12?,13+,14-,15+,18+/m0/s1. The molecule has 24 heavy (non-hydrogen) atoms. The van der Waals surface area contributed by atoms with Gasteiger partial charge in [0.25, 0.3) is 0 Å². The number of fused-ring (bicyclic) bond motifs is 1. The van der Waals surface area contributed by atoms with Crippen LogP contribution in [0.2, 0.25) is 19.6 Å². The minimum Gasteiger partial charge on any atom is -0.245 e. The highest BCUT2D eigenvalue weighted by molar-refractivity contribution is 6.78. The molecule has 0 spiro atoms. The van der Waals surface area contributed by atoms with Crippen LogP contribution in [0, 0.1) is 23.7 Å². The number of aromatic nitrogens is 3. The second-order valence-electron chi connectivity index (χ2n) is 9.07. The smallest absolute Gasteiger partial charge is 0.245 e. The molecule has 0 radical (unpaired) electrons. The molecule has 1 unspecified atom stereocenters. The van der Waals surface area contributed by atoms with Crippen LogP contribution in [-0.4, -0.2) is 22.0 Å². The van der Waals surface area contributed by atoms with Crippen molar-refractivity contribution >= 4 is 8.07 Å². The summed E-state index contributed by atoms with van der Waals surface area (Å²) in [7, 11) is -1.68. The van der Waals surface area contributed by atoms with Crippen LogP contribution in [-0.2, 0) is 5.16 Å². The summed E-state index contributed by atoms with van der Waals surface area (Å²) < 4.78 is 5.20. The Morgan fingerprint density at radius 3 is 2.42 bits per heavy atom. The molecule has 7 rings (SSSR count). The Hall–Kier alpha value is -1.82. The van der Waals surface area contributed by atoms with E-state index in [0.717, 1.165) is 5.92 Å². The quantitative estimate of drug-likeness (QED) is 0.784. The molecule has 5 nitrogen and oxygen atoms in total. The molecular weight excluding hydrogens is 318 g/mol. The third-order valence-electron chi connectivity index (χ3n) is 7.46. The lowest BCUT2D eigenvalue weighted by Gasteiger charge is -2.41. The molecule has 4 aliphatic carbocycles. The molecule has 6 atom stereocenters. The first-order chi connectivity index (χ1) is 11.4. The summed E-state index contributed by atoms with van der Waals surface area (Å²) in [5.41, 5.74) is 0.437. The van der Waals surface area contributed by atoms with E-state index >= 15 is 0 Å². The molecule has 1 aromatic carbocycles. The van der Waals surface area contributed by atoms with E-state index < -0.39 is 8.07 Å². The fraction of sp³-hybridized carbons (Fsp3) is 0.556. The molecule has 0 amide bonds. The minimum absolute atomic E-state index is 0.0384. The average molecular weight is 339 g/mol. The predicted octanol–water partition coefficient (Wildman–Crippen LogP) is 1.82. The summed E-state index contributed by atoms with van der Waals surface area (Å²) in [5, 5.41) is -0.0384. The van der Waals surface area contributed by atoms with Crippen molar-refractivity contribution in [2.75, 3.05) is 0 Å². The van der Waals surface area contributed by atoms with E-state index in [-0.39, 0.29) is 22.6 Å². The maximum absolute atomic E-state index is 13.4. The highest BCUT2D eigenvalue weighted by Crippen LogP contribution is 2.84. The Bertz CT molecular complexity index is 1010. The average Bonchev–Trinajstić information content (AvgIpc) is 2.91. The van der Waals surface area contributed by atoms with Crippen LogP contribution >= 0.6 is 0 Å². The van der Waals surface area contributed by atoms with Crippen LogP contribution in [0.25, 0.3) is 5.69 Å². The second-order valence-corrected chi connectivity index (χ2v) is 14.4. The van der Waals surface area contributed by atoms with Gasteiger partial charge in [0.05, 0.1) is 25.0 Å². The maximum Gasteiger partial charge on any atom is 0.352 e. The Labute approximate surface area is 140 Å². The highest BCUT2D eigenvalue weighted by Gasteiger charge is 2.87. The van der Waals surface area contributed by atoms with Crippen molar-refractivity contribution in [3.8, 4) is 5.69 Å². The Balaban J connectivity index is 1.71. The summed E-state index contributed by atoms with van der Waals surface area (Å²) in [6.45, 7) is 7.14. The first-order valence-electron chi connectivity index (χ1n) is 8.93. The maximum atomic E-state index is 13.4. The number of benzene rings is 1. The topological polar surface area (TPSA) is 48.9 Å². The molecule has 0 N–H and O–H groups in total. The van der Waals surface area contributed by atoms with Gasteiger partial charge in [-0.1, -0.05) is 37.8 Å². The number of hydrogen-bond acceptors (Lipinski definition) is 2. The molecule has 1 aliphatic heterocycles. The minimum atomic E-state index is -1.68. The summed E-state index contributed by atoms with van der Waals surface area (Å²) in [5.74, 6) is 2.60. The summed E-state index contributed by atoms with van der Waals surface area (Å²) in [4.78, 5) is 26.6. The van der Waals surface area contributed by atoms with Gasteiger partial charge in [-0.3, -0.25) is 0 Å². The molecule has 6 bridgehead atoms. The molecule has 2 aromatic rings. The summed E-state index contributed by atoms with van der Waals surface area (Å²) in [6, 6.07) is 9.65. The van der Waals surface area contributed by atoms with Crippen LogP contribution in [0.5, 0.6) is 0 Å². The largest absolute Gasteiger partial charge is 0.352 e. The molecule has 0 saturated heterocycles. The van der Waals surface area contributed by atoms with E-state index in [1.54, 1.807) is 0 Å². The van der Waals surface area contributed by atoms with Crippen LogP contribution in [0.1, 0.15) is 12.5 Å². The normalized spacial score (nSPS) is 40.2. The SMILES string of the molecule is C[Si](C)(C)[C@]12C3C[C@H]4[C@H]([C@H]41)[C@@H]3n1c(=O)n(-c3ccccc3)c(=O)n12. The van der Waals surface area contributed by atoms with Gasteiger partial charge in [-0.15, -0.1) is 0 Å². The monoisotopic (exact) mass is 339 g/mol.